The van der Waals surface area contributed by atoms with Crippen LogP contribution in [-0.4, -0.2) is 105 Å². The number of rotatable bonds is 9. The molecule has 3 aliphatic heterocycles. The van der Waals surface area contributed by atoms with E-state index < -0.39 is 38.9 Å². The molecule has 0 saturated carbocycles. The SMILES string of the molecule is C=CCN1C(=O)C2(/C(=C(/O)c3cccc(S(=O)(=O)N(C)C)c3)C(=O)C(=O)N2CCCN2CCOCC2)c2ccccc21. The van der Waals surface area contributed by atoms with Crippen molar-refractivity contribution in [2.75, 3.05) is 64.9 Å². The molecule has 0 bridgehead atoms. The van der Waals surface area contributed by atoms with Gasteiger partial charge in [0.2, 0.25) is 10.0 Å². The number of fused-ring (bicyclic) bond motifs is 2. The van der Waals surface area contributed by atoms with Gasteiger partial charge in [0.1, 0.15) is 5.76 Å². The van der Waals surface area contributed by atoms with Crippen molar-refractivity contribution in [2.45, 2.75) is 16.9 Å². The molecule has 1 atom stereocenters. The molecular formula is C30H34N4O7S. The van der Waals surface area contributed by atoms with Crippen LogP contribution < -0.4 is 4.90 Å². The number of ether oxygens (including phenoxy) is 1. The minimum atomic E-state index is -3.88. The Hall–Kier alpha value is -3.84. The summed E-state index contributed by atoms with van der Waals surface area (Å²) in [5.41, 5.74) is -1.43. The van der Waals surface area contributed by atoms with Gasteiger partial charge in [0.15, 0.2) is 5.54 Å². The van der Waals surface area contributed by atoms with E-state index in [-0.39, 0.29) is 29.1 Å². The van der Waals surface area contributed by atoms with Crippen LogP contribution in [0.3, 0.4) is 0 Å². The van der Waals surface area contributed by atoms with Crippen LogP contribution in [0.5, 0.6) is 0 Å². The number of sulfonamides is 1. The third kappa shape index (κ3) is 4.64. The minimum Gasteiger partial charge on any atom is -0.507 e. The Kier molecular flexibility index (Phi) is 8.08. The molecule has 1 N–H and O–H groups in total. The molecule has 5 rings (SSSR count). The van der Waals surface area contributed by atoms with Gasteiger partial charge < -0.3 is 19.6 Å². The smallest absolute Gasteiger partial charge is 0.296 e. The number of benzene rings is 2. The first-order valence-electron chi connectivity index (χ1n) is 13.7. The fourth-order valence-electron chi connectivity index (χ4n) is 5.91. The highest BCUT2D eigenvalue weighted by atomic mass is 32.2. The number of aliphatic hydroxyl groups excluding tert-OH is 1. The molecule has 2 saturated heterocycles. The average Bonchev–Trinajstić information content (AvgIpc) is 3.36. The summed E-state index contributed by atoms with van der Waals surface area (Å²) >= 11 is 0. The molecule has 2 amide bonds. The summed E-state index contributed by atoms with van der Waals surface area (Å²) < 4.78 is 32.1. The Bertz CT molecular complexity index is 1580. The second kappa shape index (κ2) is 11.4. The Labute approximate surface area is 245 Å². The quantitative estimate of drug-likeness (QED) is 0.201. The monoisotopic (exact) mass is 594 g/mol. The van der Waals surface area contributed by atoms with Gasteiger partial charge >= 0.3 is 0 Å². The van der Waals surface area contributed by atoms with E-state index in [1.165, 1.54) is 48.2 Å². The Morgan fingerprint density at radius 2 is 1.79 bits per heavy atom. The zero-order chi connectivity index (χ0) is 30.2. The number of anilines is 1. The van der Waals surface area contributed by atoms with Crippen LogP contribution in [0.15, 0.2) is 71.7 Å². The van der Waals surface area contributed by atoms with Gasteiger partial charge in [-0.15, -0.1) is 6.58 Å². The maximum atomic E-state index is 14.5. The molecule has 3 heterocycles. The van der Waals surface area contributed by atoms with Gasteiger partial charge in [0.05, 0.1) is 29.4 Å². The third-order valence-corrected chi connectivity index (χ3v) is 9.78. The summed E-state index contributed by atoms with van der Waals surface area (Å²) in [6, 6.07) is 12.3. The summed E-state index contributed by atoms with van der Waals surface area (Å²) in [5, 5.41) is 11.7. The van der Waals surface area contributed by atoms with Gasteiger partial charge in [0, 0.05) is 57.9 Å². The number of morpholine rings is 1. The van der Waals surface area contributed by atoms with Crippen LogP contribution in [0.2, 0.25) is 0 Å². The molecule has 3 aliphatic rings. The molecule has 1 unspecified atom stereocenters. The highest BCUT2D eigenvalue weighted by molar-refractivity contribution is 7.89. The standard InChI is InChI=1S/C30H34N4O7S/c1-4-13-33-24-12-6-5-11-23(24)30(29(33)38)25(26(35)21-9-7-10-22(20-21)42(39,40)31(2)3)27(36)28(37)34(30)15-8-14-32-16-18-41-19-17-32/h4-7,9-12,20,35H,1,8,13-19H2,2-3H3/b26-25+. The lowest BCUT2D eigenvalue weighted by Gasteiger charge is -2.35. The average molecular weight is 595 g/mol. The third-order valence-electron chi connectivity index (χ3n) is 7.97. The predicted molar refractivity (Wildman–Crippen MR) is 156 cm³/mol. The summed E-state index contributed by atoms with van der Waals surface area (Å²) in [6.45, 7) is 7.28. The van der Waals surface area contributed by atoms with Crippen molar-refractivity contribution >= 4 is 39.1 Å². The van der Waals surface area contributed by atoms with E-state index in [0.717, 1.165) is 17.4 Å². The van der Waals surface area contributed by atoms with Gasteiger partial charge in [-0.3, -0.25) is 19.3 Å². The first kappa shape index (κ1) is 29.6. The van der Waals surface area contributed by atoms with E-state index in [1.54, 1.807) is 30.3 Å². The van der Waals surface area contributed by atoms with Crippen molar-refractivity contribution < 1.29 is 32.6 Å². The van der Waals surface area contributed by atoms with Crippen molar-refractivity contribution in [1.82, 2.24) is 14.1 Å². The van der Waals surface area contributed by atoms with Crippen LogP contribution in [-0.2, 0) is 34.7 Å². The van der Waals surface area contributed by atoms with Crippen LogP contribution in [0.1, 0.15) is 17.5 Å². The van der Waals surface area contributed by atoms with Gasteiger partial charge in [-0.2, -0.15) is 0 Å². The zero-order valence-corrected chi connectivity index (χ0v) is 24.5. The fraction of sp³-hybridized carbons (Fsp3) is 0.367. The predicted octanol–water partition coefficient (Wildman–Crippen LogP) is 1.77. The van der Waals surface area contributed by atoms with E-state index in [9.17, 15) is 27.9 Å². The number of nitrogens with zero attached hydrogens (tertiary/aromatic N) is 4. The topological polar surface area (TPSA) is 128 Å². The highest BCUT2D eigenvalue weighted by Gasteiger charge is 2.66. The fourth-order valence-corrected chi connectivity index (χ4v) is 6.86. The molecule has 1 spiro atoms. The number of para-hydroxylation sites is 1. The number of carbonyl (C=O) groups excluding carboxylic acids is 3. The lowest BCUT2D eigenvalue weighted by atomic mass is 9.82. The lowest BCUT2D eigenvalue weighted by Crippen LogP contribution is -2.52. The molecule has 0 radical (unpaired) electrons. The van der Waals surface area contributed by atoms with E-state index in [4.69, 9.17) is 4.74 Å². The number of hydrogen-bond acceptors (Lipinski definition) is 8. The maximum absolute atomic E-state index is 14.5. The zero-order valence-electron chi connectivity index (χ0n) is 23.7. The number of hydrogen-bond donors (Lipinski definition) is 1. The number of likely N-dealkylation sites (tertiary alicyclic amines) is 1. The van der Waals surface area contributed by atoms with Crippen LogP contribution in [0, 0.1) is 0 Å². The van der Waals surface area contributed by atoms with Crippen molar-refractivity contribution in [3.05, 3.63) is 77.9 Å². The molecule has 2 aromatic rings. The summed E-state index contributed by atoms with van der Waals surface area (Å²) in [6.07, 6.45) is 2.02. The second-order valence-electron chi connectivity index (χ2n) is 10.6. The largest absolute Gasteiger partial charge is 0.507 e. The number of Topliss-reactive ketones (excluding diaryl/α,β-unsaturated/α-hetero) is 1. The van der Waals surface area contributed by atoms with Crippen LogP contribution >= 0.6 is 0 Å². The molecule has 12 heteroatoms. The molecule has 222 valence electrons. The Morgan fingerprint density at radius 3 is 2.48 bits per heavy atom. The van der Waals surface area contributed by atoms with E-state index in [2.05, 4.69) is 11.5 Å². The van der Waals surface area contributed by atoms with Gasteiger partial charge in [-0.05, 0) is 24.6 Å². The molecule has 0 aliphatic carbocycles. The van der Waals surface area contributed by atoms with E-state index >= 15 is 0 Å². The molecule has 2 aromatic carbocycles. The van der Waals surface area contributed by atoms with Crippen LogP contribution in [0.4, 0.5) is 5.69 Å². The van der Waals surface area contributed by atoms with E-state index in [1.807, 2.05) is 0 Å². The van der Waals surface area contributed by atoms with E-state index in [0.29, 0.717) is 37.4 Å². The molecule has 2 fully saturated rings. The summed E-state index contributed by atoms with van der Waals surface area (Å²) in [7, 11) is -1.12. The highest BCUT2D eigenvalue weighted by Crippen LogP contribution is 2.53. The number of amides is 2. The van der Waals surface area contributed by atoms with Crippen molar-refractivity contribution in [3.8, 4) is 0 Å². The first-order chi connectivity index (χ1) is 20.1. The second-order valence-corrected chi connectivity index (χ2v) is 12.7. The van der Waals surface area contributed by atoms with Crippen LogP contribution in [0.25, 0.3) is 5.76 Å². The maximum Gasteiger partial charge on any atom is 0.296 e. The van der Waals surface area contributed by atoms with Crippen molar-refractivity contribution in [2.24, 2.45) is 0 Å². The summed E-state index contributed by atoms with van der Waals surface area (Å²) in [4.78, 5) is 46.8. The van der Waals surface area contributed by atoms with Gasteiger partial charge in [-0.25, -0.2) is 12.7 Å². The molecular weight excluding hydrogens is 560 g/mol. The number of ketones is 1. The number of carbonyl (C=O) groups is 3. The van der Waals surface area contributed by atoms with Crippen molar-refractivity contribution in [1.29, 1.82) is 0 Å². The normalized spacial score (nSPS) is 22.4. The summed E-state index contributed by atoms with van der Waals surface area (Å²) in [5.74, 6) is -3.10. The van der Waals surface area contributed by atoms with Gasteiger partial charge in [-0.1, -0.05) is 36.4 Å². The number of aliphatic hydroxyl groups is 1. The van der Waals surface area contributed by atoms with Gasteiger partial charge in [0.25, 0.3) is 17.6 Å². The first-order valence-corrected chi connectivity index (χ1v) is 15.2. The Morgan fingerprint density at radius 1 is 1.07 bits per heavy atom. The molecule has 11 nitrogen and oxygen atoms in total. The molecule has 42 heavy (non-hydrogen) atoms. The molecule has 0 aromatic heterocycles. The Balaban J connectivity index is 1.68. The minimum absolute atomic E-state index is 0.00364. The van der Waals surface area contributed by atoms with Crippen molar-refractivity contribution in [3.63, 3.8) is 0 Å². The lowest BCUT2D eigenvalue weighted by molar-refractivity contribution is -0.143.